The van der Waals surface area contributed by atoms with Crippen LogP contribution in [-0.2, 0) is 9.47 Å². The Morgan fingerprint density at radius 3 is 2.07 bits per heavy atom. The average molecular weight is 214 g/mol. The monoisotopic (exact) mass is 214 g/mol. The van der Waals surface area contributed by atoms with Gasteiger partial charge in [-0.1, -0.05) is 0 Å². The molecule has 0 bridgehead atoms. The summed E-state index contributed by atoms with van der Waals surface area (Å²) < 4.78 is 10.7. The minimum Gasteiger partial charge on any atom is -0.379 e. The van der Waals surface area contributed by atoms with Crippen LogP contribution in [0.1, 0.15) is 6.92 Å². The van der Waals surface area contributed by atoms with E-state index in [1.165, 1.54) is 6.54 Å². The summed E-state index contributed by atoms with van der Waals surface area (Å²) in [5, 5.41) is 0. The van der Waals surface area contributed by atoms with Crippen molar-refractivity contribution in [2.45, 2.75) is 13.0 Å². The standard InChI is InChI=1S/C11H22N2O2/c1-11(13-4-8-15-9-5-13)10-12-2-6-14-7-3-12/h11H,2-10H2,1H3/t11-/m0/s1. The molecule has 2 saturated heterocycles. The lowest BCUT2D eigenvalue weighted by atomic mass is 10.2. The third-order valence-corrected chi connectivity index (χ3v) is 3.30. The van der Waals surface area contributed by atoms with Gasteiger partial charge in [-0.25, -0.2) is 0 Å². The van der Waals surface area contributed by atoms with E-state index in [9.17, 15) is 0 Å². The van der Waals surface area contributed by atoms with E-state index >= 15 is 0 Å². The van der Waals surface area contributed by atoms with Crippen molar-refractivity contribution in [3.05, 3.63) is 0 Å². The Bertz CT molecular complexity index is 177. The van der Waals surface area contributed by atoms with Crippen LogP contribution in [0.3, 0.4) is 0 Å². The highest BCUT2D eigenvalue weighted by Crippen LogP contribution is 2.06. The number of nitrogens with zero attached hydrogens (tertiary/aromatic N) is 2. The molecule has 2 aliphatic heterocycles. The number of rotatable bonds is 3. The Morgan fingerprint density at radius 1 is 0.933 bits per heavy atom. The van der Waals surface area contributed by atoms with Gasteiger partial charge in [-0.2, -0.15) is 0 Å². The maximum Gasteiger partial charge on any atom is 0.0594 e. The molecule has 4 heteroatoms. The summed E-state index contributed by atoms with van der Waals surface area (Å²) in [5.41, 5.74) is 0. The van der Waals surface area contributed by atoms with E-state index in [0.717, 1.165) is 52.6 Å². The van der Waals surface area contributed by atoms with Crippen molar-refractivity contribution in [2.75, 3.05) is 59.2 Å². The second-order valence-electron chi connectivity index (χ2n) is 4.41. The summed E-state index contributed by atoms with van der Waals surface area (Å²) >= 11 is 0. The average Bonchev–Trinajstić information content (AvgIpc) is 2.31. The lowest BCUT2D eigenvalue weighted by Crippen LogP contribution is -2.49. The second kappa shape index (κ2) is 5.80. The van der Waals surface area contributed by atoms with Gasteiger partial charge >= 0.3 is 0 Å². The Hall–Kier alpha value is -0.160. The predicted molar refractivity (Wildman–Crippen MR) is 59.1 cm³/mol. The summed E-state index contributed by atoms with van der Waals surface area (Å²) in [6.07, 6.45) is 0. The first kappa shape index (κ1) is 11.3. The van der Waals surface area contributed by atoms with Crippen LogP contribution >= 0.6 is 0 Å². The summed E-state index contributed by atoms with van der Waals surface area (Å²) in [6.45, 7) is 11.4. The predicted octanol–water partition coefficient (Wildman–Crippen LogP) is 0.0393. The van der Waals surface area contributed by atoms with Gasteiger partial charge in [0.1, 0.15) is 0 Å². The molecule has 0 radical (unpaired) electrons. The highest BCUT2D eigenvalue weighted by atomic mass is 16.5. The molecule has 0 N–H and O–H groups in total. The van der Waals surface area contributed by atoms with Crippen LogP contribution < -0.4 is 0 Å². The molecule has 0 aromatic carbocycles. The molecule has 0 spiro atoms. The summed E-state index contributed by atoms with van der Waals surface area (Å²) in [5.74, 6) is 0. The summed E-state index contributed by atoms with van der Waals surface area (Å²) in [6, 6.07) is 0.645. The second-order valence-corrected chi connectivity index (χ2v) is 4.41. The third-order valence-electron chi connectivity index (χ3n) is 3.30. The molecule has 2 fully saturated rings. The molecule has 0 aliphatic carbocycles. The SMILES string of the molecule is C[C@@H](CN1CCOCC1)N1CCOCC1. The van der Waals surface area contributed by atoms with Crippen LogP contribution in [0, 0.1) is 0 Å². The van der Waals surface area contributed by atoms with Crippen molar-refractivity contribution in [3.63, 3.8) is 0 Å². The molecule has 15 heavy (non-hydrogen) atoms. The van der Waals surface area contributed by atoms with E-state index in [1.807, 2.05) is 0 Å². The minimum atomic E-state index is 0.645. The highest BCUT2D eigenvalue weighted by molar-refractivity contribution is 4.74. The van der Waals surface area contributed by atoms with Crippen LogP contribution in [-0.4, -0.2) is 75.0 Å². The molecular weight excluding hydrogens is 192 g/mol. The smallest absolute Gasteiger partial charge is 0.0594 e. The van der Waals surface area contributed by atoms with E-state index in [4.69, 9.17) is 9.47 Å². The Labute approximate surface area is 92.1 Å². The van der Waals surface area contributed by atoms with E-state index in [0.29, 0.717) is 6.04 Å². The molecule has 0 aromatic rings. The number of ether oxygens (including phenoxy) is 2. The van der Waals surface area contributed by atoms with E-state index < -0.39 is 0 Å². The fourth-order valence-corrected chi connectivity index (χ4v) is 2.29. The zero-order chi connectivity index (χ0) is 10.5. The molecule has 4 nitrogen and oxygen atoms in total. The molecule has 0 amide bonds. The first-order valence-electron chi connectivity index (χ1n) is 5.98. The van der Waals surface area contributed by atoms with Crippen molar-refractivity contribution in [1.29, 1.82) is 0 Å². The van der Waals surface area contributed by atoms with Crippen LogP contribution in [0.5, 0.6) is 0 Å². The van der Waals surface area contributed by atoms with E-state index in [2.05, 4.69) is 16.7 Å². The van der Waals surface area contributed by atoms with E-state index in [1.54, 1.807) is 0 Å². The van der Waals surface area contributed by atoms with Crippen molar-refractivity contribution in [3.8, 4) is 0 Å². The largest absolute Gasteiger partial charge is 0.379 e. The maximum atomic E-state index is 5.36. The molecule has 0 aromatic heterocycles. The van der Waals surface area contributed by atoms with Crippen LogP contribution in [0.4, 0.5) is 0 Å². The van der Waals surface area contributed by atoms with Crippen molar-refractivity contribution in [2.24, 2.45) is 0 Å². The van der Waals surface area contributed by atoms with Gasteiger partial charge in [-0.15, -0.1) is 0 Å². The first-order chi connectivity index (χ1) is 7.36. The minimum absolute atomic E-state index is 0.645. The van der Waals surface area contributed by atoms with Crippen LogP contribution in [0.25, 0.3) is 0 Å². The third kappa shape index (κ3) is 3.41. The topological polar surface area (TPSA) is 24.9 Å². The van der Waals surface area contributed by atoms with Gasteiger partial charge in [0.15, 0.2) is 0 Å². The number of hydrogen-bond donors (Lipinski definition) is 0. The van der Waals surface area contributed by atoms with Gasteiger partial charge in [-0.05, 0) is 6.92 Å². The van der Waals surface area contributed by atoms with E-state index in [-0.39, 0.29) is 0 Å². The lowest BCUT2D eigenvalue weighted by Gasteiger charge is -2.36. The summed E-state index contributed by atoms with van der Waals surface area (Å²) in [4.78, 5) is 5.03. The van der Waals surface area contributed by atoms with Crippen molar-refractivity contribution in [1.82, 2.24) is 9.80 Å². The fraction of sp³-hybridized carbons (Fsp3) is 1.00. The molecule has 0 unspecified atom stereocenters. The van der Waals surface area contributed by atoms with Gasteiger partial charge in [0.25, 0.3) is 0 Å². The zero-order valence-electron chi connectivity index (χ0n) is 9.65. The Kier molecular flexibility index (Phi) is 4.38. The molecule has 1 atom stereocenters. The molecule has 2 heterocycles. The number of morpholine rings is 2. The molecule has 2 rings (SSSR count). The Morgan fingerprint density at radius 2 is 1.47 bits per heavy atom. The van der Waals surface area contributed by atoms with Gasteiger partial charge < -0.3 is 9.47 Å². The Balaban J connectivity index is 1.72. The molecule has 0 saturated carbocycles. The fourth-order valence-electron chi connectivity index (χ4n) is 2.29. The van der Waals surface area contributed by atoms with Gasteiger partial charge in [0, 0.05) is 38.8 Å². The quantitative estimate of drug-likeness (QED) is 0.662. The van der Waals surface area contributed by atoms with Gasteiger partial charge in [-0.3, -0.25) is 9.80 Å². The number of hydrogen-bond acceptors (Lipinski definition) is 4. The zero-order valence-corrected chi connectivity index (χ0v) is 9.65. The van der Waals surface area contributed by atoms with Crippen LogP contribution in [0.2, 0.25) is 0 Å². The lowest BCUT2D eigenvalue weighted by molar-refractivity contribution is -0.00525. The van der Waals surface area contributed by atoms with Crippen molar-refractivity contribution < 1.29 is 9.47 Å². The van der Waals surface area contributed by atoms with Gasteiger partial charge in [0.05, 0.1) is 26.4 Å². The van der Waals surface area contributed by atoms with Gasteiger partial charge in [0.2, 0.25) is 0 Å². The summed E-state index contributed by atoms with van der Waals surface area (Å²) in [7, 11) is 0. The molecular formula is C11H22N2O2. The maximum absolute atomic E-state index is 5.36. The van der Waals surface area contributed by atoms with Crippen molar-refractivity contribution >= 4 is 0 Å². The molecule has 88 valence electrons. The normalized spacial score (nSPS) is 27.8. The molecule has 2 aliphatic rings. The first-order valence-corrected chi connectivity index (χ1v) is 5.98. The van der Waals surface area contributed by atoms with Crippen LogP contribution in [0.15, 0.2) is 0 Å². The highest BCUT2D eigenvalue weighted by Gasteiger charge is 2.20.